The second kappa shape index (κ2) is 4.42. The van der Waals surface area contributed by atoms with Crippen molar-refractivity contribution < 1.29 is 9.53 Å². The van der Waals surface area contributed by atoms with E-state index in [4.69, 9.17) is 10.5 Å². The highest BCUT2D eigenvalue weighted by Crippen LogP contribution is 2.17. The lowest BCUT2D eigenvalue weighted by atomic mass is 10.1. The minimum absolute atomic E-state index is 0.369. The molecule has 0 saturated carbocycles. The molecule has 5 heteroatoms. The number of nitrogens with zero attached hydrogens (tertiary/aromatic N) is 2. The summed E-state index contributed by atoms with van der Waals surface area (Å²) in [6, 6.07) is 3.73. The van der Waals surface area contributed by atoms with Gasteiger partial charge >= 0.3 is 5.97 Å². The quantitative estimate of drug-likeness (QED) is 0.821. The van der Waals surface area contributed by atoms with Crippen molar-refractivity contribution in [2.45, 2.75) is 32.9 Å². The van der Waals surface area contributed by atoms with Crippen molar-refractivity contribution in [3.05, 3.63) is 35.7 Å². The zero-order valence-corrected chi connectivity index (χ0v) is 10.8. The maximum Gasteiger partial charge on any atom is 0.342 e. The lowest BCUT2D eigenvalue weighted by Crippen LogP contribution is -2.23. The number of fused-ring (bicyclic) bond motifs is 1. The number of carbonyl (C=O) groups is 1. The van der Waals surface area contributed by atoms with Crippen LogP contribution in [0.2, 0.25) is 0 Å². The zero-order chi connectivity index (χ0) is 13.3. The summed E-state index contributed by atoms with van der Waals surface area (Å²) in [6.45, 7) is 5.93. The van der Waals surface area contributed by atoms with E-state index in [2.05, 4.69) is 5.10 Å². The smallest absolute Gasteiger partial charge is 0.342 e. The second-order valence-electron chi connectivity index (χ2n) is 5.13. The number of nitrogens with two attached hydrogens (primary N) is 1. The van der Waals surface area contributed by atoms with Crippen molar-refractivity contribution in [1.82, 2.24) is 9.61 Å². The Balaban J connectivity index is 2.42. The molecule has 2 aromatic rings. The van der Waals surface area contributed by atoms with Crippen LogP contribution in [-0.2, 0) is 11.3 Å². The van der Waals surface area contributed by atoms with Crippen LogP contribution in [-0.4, -0.2) is 21.2 Å². The van der Waals surface area contributed by atoms with Crippen LogP contribution in [0.1, 0.15) is 36.7 Å². The molecule has 0 aromatic carbocycles. The van der Waals surface area contributed by atoms with E-state index in [1.54, 1.807) is 10.7 Å². The molecule has 0 fully saturated rings. The van der Waals surface area contributed by atoms with Crippen LogP contribution in [0.4, 0.5) is 0 Å². The van der Waals surface area contributed by atoms with Gasteiger partial charge in [0, 0.05) is 12.7 Å². The maximum atomic E-state index is 12.0. The Bertz CT molecular complexity index is 581. The third kappa shape index (κ3) is 2.51. The van der Waals surface area contributed by atoms with E-state index >= 15 is 0 Å². The fraction of sp³-hybridized carbons (Fsp3) is 0.385. The van der Waals surface area contributed by atoms with Crippen LogP contribution in [0.3, 0.4) is 0 Å². The fourth-order valence-electron chi connectivity index (χ4n) is 1.64. The summed E-state index contributed by atoms with van der Waals surface area (Å²) in [7, 11) is 0. The first kappa shape index (κ1) is 12.6. The molecule has 2 aromatic heterocycles. The standard InChI is InChI=1S/C13H17N3O2/c1-13(2,3)18-12(17)10-8-15-16-5-4-9(7-14)6-11(10)16/h4-6,8H,7,14H2,1-3H3. The third-order valence-electron chi connectivity index (χ3n) is 2.44. The molecule has 18 heavy (non-hydrogen) atoms. The molecule has 0 aliphatic rings. The van der Waals surface area contributed by atoms with Crippen molar-refractivity contribution in [2.75, 3.05) is 0 Å². The van der Waals surface area contributed by atoms with Crippen LogP contribution >= 0.6 is 0 Å². The van der Waals surface area contributed by atoms with Crippen molar-refractivity contribution in [3.63, 3.8) is 0 Å². The molecule has 2 rings (SSSR count). The molecule has 0 spiro atoms. The van der Waals surface area contributed by atoms with E-state index in [0.29, 0.717) is 17.6 Å². The summed E-state index contributed by atoms with van der Waals surface area (Å²) in [6.07, 6.45) is 3.30. The SMILES string of the molecule is CC(C)(C)OC(=O)c1cnn2ccc(CN)cc12. The van der Waals surface area contributed by atoms with E-state index in [0.717, 1.165) is 5.56 Å². The highest BCUT2D eigenvalue weighted by atomic mass is 16.6. The number of hydrogen-bond donors (Lipinski definition) is 1. The Labute approximate surface area is 106 Å². The lowest BCUT2D eigenvalue weighted by Gasteiger charge is -2.18. The molecule has 0 aliphatic carbocycles. The Morgan fingerprint density at radius 3 is 2.83 bits per heavy atom. The minimum Gasteiger partial charge on any atom is -0.456 e. The first-order valence-electron chi connectivity index (χ1n) is 5.80. The summed E-state index contributed by atoms with van der Waals surface area (Å²) in [5.41, 5.74) is 7.20. The second-order valence-corrected chi connectivity index (χ2v) is 5.13. The summed E-state index contributed by atoms with van der Waals surface area (Å²) in [5.74, 6) is -0.369. The Kier molecular flexibility index (Phi) is 3.09. The highest BCUT2D eigenvalue weighted by molar-refractivity contribution is 5.97. The van der Waals surface area contributed by atoms with E-state index in [1.807, 2.05) is 32.9 Å². The molecule has 5 nitrogen and oxygen atoms in total. The van der Waals surface area contributed by atoms with Crippen molar-refractivity contribution in [2.24, 2.45) is 5.73 Å². The zero-order valence-electron chi connectivity index (χ0n) is 10.8. The number of pyridine rings is 1. The number of hydrogen-bond acceptors (Lipinski definition) is 4. The van der Waals surface area contributed by atoms with Gasteiger partial charge in [0.1, 0.15) is 11.2 Å². The van der Waals surface area contributed by atoms with Crippen LogP contribution in [0.5, 0.6) is 0 Å². The molecule has 0 unspecified atom stereocenters. The van der Waals surface area contributed by atoms with Gasteiger partial charge in [-0.2, -0.15) is 5.10 Å². The summed E-state index contributed by atoms with van der Waals surface area (Å²) in [4.78, 5) is 12.0. The molecule has 0 amide bonds. The van der Waals surface area contributed by atoms with E-state index in [1.165, 1.54) is 6.20 Å². The van der Waals surface area contributed by atoms with Crippen LogP contribution in [0.25, 0.3) is 5.52 Å². The third-order valence-corrected chi connectivity index (χ3v) is 2.44. The van der Waals surface area contributed by atoms with Crippen LogP contribution in [0.15, 0.2) is 24.5 Å². The van der Waals surface area contributed by atoms with Gasteiger partial charge in [-0.1, -0.05) is 0 Å². The monoisotopic (exact) mass is 247 g/mol. The minimum atomic E-state index is -0.517. The predicted molar refractivity (Wildman–Crippen MR) is 68.3 cm³/mol. The van der Waals surface area contributed by atoms with Gasteiger partial charge in [-0.25, -0.2) is 9.31 Å². The molecule has 0 radical (unpaired) electrons. The molecular weight excluding hydrogens is 230 g/mol. The van der Waals surface area contributed by atoms with E-state index in [-0.39, 0.29) is 5.97 Å². The maximum absolute atomic E-state index is 12.0. The molecule has 0 bridgehead atoms. The average molecular weight is 247 g/mol. The van der Waals surface area contributed by atoms with Crippen molar-refractivity contribution in [1.29, 1.82) is 0 Å². The van der Waals surface area contributed by atoms with Gasteiger partial charge in [-0.05, 0) is 38.5 Å². The van der Waals surface area contributed by atoms with E-state index in [9.17, 15) is 4.79 Å². The Morgan fingerprint density at radius 1 is 1.50 bits per heavy atom. The Hall–Kier alpha value is -1.88. The fourth-order valence-corrected chi connectivity index (χ4v) is 1.64. The van der Waals surface area contributed by atoms with Crippen molar-refractivity contribution >= 4 is 11.5 Å². The van der Waals surface area contributed by atoms with E-state index < -0.39 is 5.60 Å². The number of carbonyl (C=O) groups excluding carboxylic acids is 1. The summed E-state index contributed by atoms with van der Waals surface area (Å²) < 4.78 is 6.98. The molecular formula is C13H17N3O2. The van der Waals surface area contributed by atoms with Gasteiger partial charge in [0.25, 0.3) is 0 Å². The normalized spacial score (nSPS) is 11.8. The molecule has 2 heterocycles. The molecule has 0 saturated heterocycles. The van der Waals surface area contributed by atoms with Gasteiger partial charge in [0.15, 0.2) is 0 Å². The number of ether oxygens (including phenoxy) is 1. The summed E-state index contributed by atoms with van der Waals surface area (Å²) >= 11 is 0. The molecule has 0 atom stereocenters. The molecule has 2 N–H and O–H groups in total. The highest BCUT2D eigenvalue weighted by Gasteiger charge is 2.21. The molecule has 96 valence electrons. The summed E-state index contributed by atoms with van der Waals surface area (Å²) in [5, 5.41) is 4.12. The number of esters is 1. The number of aromatic nitrogens is 2. The largest absolute Gasteiger partial charge is 0.456 e. The van der Waals surface area contributed by atoms with Crippen molar-refractivity contribution in [3.8, 4) is 0 Å². The van der Waals surface area contributed by atoms with Crippen LogP contribution < -0.4 is 5.73 Å². The van der Waals surface area contributed by atoms with Gasteiger partial charge in [-0.15, -0.1) is 0 Å². The van der Waals surface area contributed by atoms with Gasteiger partial charge < -0.3 is 10.5 Å². The van der Waals surface area contributed by atoms with Crippen LogP contribution in [0, 0.1) is 0 Å². The van der Waals surface area contributed by atoms with Gasteiger partial charge in [0.05, 0.1) is 11.7 Å². The predicted octanol–water partition coefficient (Wildman–Crippen LogP) is 1.75. The topological polar surface area (TPSA) is 69.6 Å². The average Bonchev–Trinajstić information content (AvgIpc) is 2.69. The lowest BCUT2D eigenvalue weighted by molar-refractivity contribution is 0.00718. The first-order chi connectivity index (χ1) is 8.40. The van der Waals surface area contributed by atoms with Gasteiger partial charge in [-0.3, -0.25) is 0 Å². The molecule has 0 aliphatic heterocycles. The van der Waals surface area contributed by atoms with Gasteiger partial charge in [0.2, 0.25) is 0 Å². The number of rotatable bonds is 2. The Morgan fingerprint density at radius 2 is 2.22 bits per heavy atom. The first-order valence-corrected chi connectivity index (χ1v) is 5.80.